The van der Waals surface area contributed by atoms with E-state index in [0.29, 0.717) is 48.5 Å². The fourth-order valence-electron chi connectivity index (χ4n) is 3.41. The Kier molecular flexibility index (Phi) is 9.96. The van der Waals surface area contributed by atoms with Crippen LogP contribution in [0.5, 0.6) is 17.2 Å². The van der Waals surface area contributed by atoms with Gasteiger partial charge in [-0.1, -0.05) is 58.5 Å². The average molecular weight is 604 g/mol. The molecule has 0 fully saturated rings. The molecule has 0 unspecified atom stereocenters. The van der Waals surface area contributed by atoms with E-state index in [0.717, 1.165) is 11.1 Å². The number of hydrogen-bond donors (Lipinski definition) is 1. The first-order chi connectivity index (χ1) is 18.8. The van der Waals surface area contributed by atoms with E-state index < -0.39 is 0 Å². The minimum Gasteiger partial charge on any atom is -0.493 e. The number of carbonyl (C=O) groups excluding carboxylic acids is 1. The second kappa shape index (κ2) is 13.6. The first-order valence-electron chi connectivity index (χ1n) is 11.6. The molecule has 1 amide bonds. The van der Waals surface area contributed by atoms with E-state index in [9.17, 15) is 4.79 Å². The number of halogens is 4. The minimum absolute atomic E-state index is 0.245. The van der Waals surface area contributed by atoms with E-state index in [1.54, 1.807) is 78.9 Å². The lowest BCUT2D eigenvalue weighted by atomic mass is 10.2. The molecule has 0 heterocycles. The Labute approximate surface area is 246 Å². The molecule has 0 saturated heterocycles. The van der Waals surface area contributed by atoms with Gasteiger partial charge in [-0.2, -0.15) is 5.10 Å². The number of carbonyl (C=O) groups is 1. The van der Waals surface area contributed by atoms with Gasteiger partial charge < -0.3 is 14.2 Å². The van der Waals surface area contributed by atoms with Crippen molar-refractivity contribution in [2.75, 3.05) is 7.11 Å². The number of hydrazone groups is 1. The maximum Gasteiger partial charge on any atom is 0.271 e. The molecule has 4 aromatic rings. The highest BCUT2D eigenvalue weighted by Gasteiger charge is 2.09. The summed E-state index contributed by atoms with van der Waals surface area (Å²) in [5, 5.41) is 6.20. The van der Waals surface area contributed by atoms with Gasteiger partial charge in [-0.25, -0.2) is 5.43 Å². The van der Waals surface area contributed by atoms with Crippen molar-refractivity contribution in [2.45, 2.75) is 13.2 Å². The highest BCUT2D eigenvalue weighted by Crippen LogP contribution is 2.30. The Hall–Kier alpha value is -3.42. The van der Waals surface area contributed by atoms with Gasteiger partial charge in [0.05, 0.1) is 13.3 Å². The fourth-order valence-corrected chi connectivity index (χ4v) is 4.34. The van der Waals surface area contributed by atoms with Crippen LogP contribution < -0.4 is 19.6 Å². The van der Waals surface area contributed by atoms with E-state index >= 15 is 0 Å². The highest BCUT2D eigenvalue weighted by atomic mass is 35.5. The number of rotatable bonds is 10. The lowest BCUT2D eigenvalue weighted by Crippen LogP contribution is -2.17. The highest BCUT2D eigenvalue weighted by molar-refractivity contribution is 6.35. The van der Waals surface area contributed by atoms with Crippen LogP contribution in [0.4, 0.5) is 0 Å². The van der Waals surface area contributed by atoms with E-state index in [1.807, 2.05) is 0 Å². The van der Waals surface area contributed by atoms with Crippen LogP contribution in [0.25, 0.3) is 0 Å². The van der Waals surface area contributed by atoms with Gasteiger partial charge in [-0.15, -0.1) is 0 Å². The Morgan fingerprint density at radius 3 is 1.97 bits per heavy atom. The molecule has 4 rings (SSSR count). The van der Waals surface area contributed by atoms with Gasteiger partial charge >= 0.3 is 0 Å². The summed E-state index contributed by atoms with van der Waals surface area (Å²) in [4.78, 5) is 12.5. The lowest BCUT2D eigenvalue weighted by Gasteiger charge is -2.12. The SMILES string of the molecule is COc1cc(/C=N\NC(=O)c2ccc(OCc3ccc(Cl)cc3Cl)cc2)ccc1OCc1ccc(Cl)cc1Cl. The molecule has 0 atom stereocenters. The predicted molar refractivity (Wildman–Crippen MR) is 156 cm³/mol. The lowest BCUT2D eigenvalue weighted by molar-refractivity contribution is 0.0955. The topological polar surface area (TPSA) is 69.2 Å². The van der Waals surface area contributed by atoms with Crippen molar-refractivity contribution in [2.24, 2.45) is 5.10 Å². The van der Waals surface area contributed by atoms with Crippen molar-refractivity contribution in [3.63, 3.8) is 0 Å². The monoisotopic (exact) mass is 602 g/mol. The molecular formula is C29H22Cl4N2O4. The molecule has 10 heteroatoms. The number of methoxy groups -OCH3 is 1. The molecule has 0 aromatic heterocycles. The summed E-state index contributed by atoms with van der Waals surface area (Å²) in [5.74, 6) is 1.26. The Bertz CT molecular complexity index is 1490. The second-order valence-electron chi connectivity index (χ2n) is 8.18. The van der Waals surface area contributed by atoms with Gasteiger partial charge in [0, 0.05) is 36.8 Å². The van der Waals surface area contributed by atoms with E-state index in [-0.39, 0.29) is 19.1 Å². The van der Waals surface area contributed by atoms with Crippen LogP contribution in [0.1, 0.15) is 27.0 Å². The van der Waals surface area contributed by atoms with Crippen LogP contribution in [-0.2, 0) is 13.2 Å². The van der Waals surface area contributed by atoms with Gasteiger partial charge in [0.15, 0.2) is 11.5 Å². The molecule has 6 nitrogen and oxygen atoms in total. The summed E-state index contributed by atoms with van der Waals surface area (Å²) >= 11 is 24.3. The molecule has 0 spiro atoms. The average Bonchev–Trinajstić information content (AvgIpc) is 2.92. The molecule has 0 radical (unpaired) electrons. The van der Waals surface area contributed by atoms with Gasteiger partial charge in [0.25, 0.3) is 5.91 Å². The van der Waals surface area contributed by atoms with Gasteiger partial charge in [0.2, 0.25) is 0 Å². The number of nitrogens with one attached hydrogen (secondary N) is 1. The summed E-state index contributed by atoms with van der Waals surface area (Å²) in [5.41, 5.74) is 5.23. The predicted octanol–water partition coefficient (Wildman–Crippen LogP) is 8.23. The van der Waals surface area contributed by atoms with Crippen molar-refractivity contribution in [3.05, 3.63) is 121 Å². The molecule has 1 N–H and O–H groups in total. The Balaban J connectivity index is 1.30. The molecule has 200 valence electrons. The fraction of sp³-hybridized carbons (Fsp3) is 0.103. The zero-order chi connectivity index (χ0) is 27.8. The summed E-state index contributed by atoms with van der Waals surface area (Å²) in [6.07, 6.45) is 1.51. The zero-order valence-electron chi connectivity index (χ0n) is 20.6. The van der Waals surface area contributed by atoms with E-state index in [1.165, 1.54) is 13.3 Å². The summed E-state index contributed by atoms with van der Waals surface area (Å²) < 4.78 is 17.1. The molecule has 0 aliphatic carbocycles. The largest absolute Gasteiger partial charge is 0.493 e. The minimum atomic E-state index is -0.370. The second-order valence-corrected chi connectivity index (χ2v) is 9.87. The maximum absolute atomic E-state index is 12.5. The number of nitrogens with zero attached hydrogens (tertiary/aromatic N) is 1. The summed E-state index contributed by atoms with van der Waals surface area (Å²) in [6.45, 7) is 0.516. The molecule has 4 aromatic carbocycles. The standard InChI is InChI=1S/C29H22Cl4N2O4/c1-37-28-12-18(2-11-27(28)39-17-21-4-8-23(31)14-26(21)33)15-34-35-29(36)19-5-9-24(10-6-19)38-16-20-3-7-22(30)13-25(20)32/h2-15H,16-17H2,1H3,(H,35,36)/b34-15-. The quantitative estimate of drug-likeness (QED) is 0.146. The third-order valence-electron chi connectivity index (χ3n) is 5.49. The number of ether oxygens (including phenoxy) is 3. The first-order valence-corrected chi connectivity index (χ1v) is 13.1. The van der Waals surface area contributed by atoms with Crippen molar-refractivity contribution in [1.82, 2.24) is 5.43 Å². The van der Waals surface area contributed by atoms with Crippen LogP contribution >= 0.6 is 46.4 Å². The van der Waals surface area contributed by atoms with Crippen molar-refractivity contribution in [3.8, 4) is 17.2 Å². The van der Waals surface area contributed by atoms with E-state index in [4.69, 9.17) is 60.6 Å². The smallest absolute Gasteiger partial charge is 0.271 e. The Morgan fingerprint density at radius 1 is 0.769 bits per heavy atom. The molecule has 0 saturated carbocycles. The van der Waals surface area contributed by atoms with Gasteiger partial charge in [-0.05, 0) is 72.3 Å². The van der Waals surface area contributed by atoms with Crippen LogP contribution in [-0.4, -0.2) is 19.2 Å². The normalized spacial score (nSPS) is 10.9. The van der Waals surface area contributed by atoms with Crippen LogP contribution in [0, 0.1) is 0 Å². The third kappa shape index (κ3) is 8.04. The van der Waals surface area contributed by atoms with Crippen LogP contribution in [0.2, 0.25) is 20.1 Å². The molecule has 0 aliphatic heterocycles. The van der Waals surface area contributed by atoms with Crippen molar-refractivity contribution >= 4 is 58.5 Å². The maximum atomic E-state index is 12.5. The number of hydrogen-bond acceptors (Lipinski definition) is 5. The number of benzene rings is 4. The third-order valence-corrected chi connectivity index (χ3v) is 6.67. The van der Waals surface area contributed by atoms with Crippen LogP contribution in [0.3, 0.4) is 0 Å². The first kappa shape index (κ1) is 28.6. The van der Waals surface area contributed by atoms with Crippen LogP contribution in [0.15, 0.2) is 84.0 Å². The summed E-state index contributed by atoms with van der Waals surface area (Å²) in [6, 6.07) is 22.4. The molecule has 0 aliphatic rings. The Morgan fingerprint density at radius 2 is 1.38 bits per heavy atom. The van der Waals surface area contributed by atoms with Gasteiger partial charge in [-0.3, -0.25) is 4.79 Å². The van der Waals surface area contributed by atoms with Crippen molar-refractivity contribution < 1.29 is 19.0 Å². The molecule has 0 bridgehead atoms. The number of amides is 1. The zero-order valence-corrected chi connectivity index (χ0v) is 23.6. The molecule has 39 heavy (non-hydrogen) atoms. The summed E-state index contributed by atoms with van der Waals surface area (Å²) in [7, 11) is 1.54. The molecular weight excluding hydrogens is 582 g/mol. The van der Waals surface area contributed by atoms with Crippen molar-refractivity contribution in [1.29, 1.82) is 0 Å². The van der Waals surface area contributed by atoms with E-state index in [2.05, 4.69) is 10.5 Å². The van der Waals surface area contributed by atoms with Gasteiger partial charge in [0.1, 0.15) is 19.0 Å².